The summed E-state index contributed by atoms with van der Waals surface area (Å²) in [6.45, 7) is 7.35. The number of ketones is 2. The molecule has 2 atom stereocenters. The second kappa shape index (κ2) is 8.20. The van der Waals surface area contributed by atoms with Gasteiger partial charge in [-0.15, -0.1) is 0 Å². The van der Waals surface area contributed by atoms with Crippen LogP contribution < -0.4 is 0 Å². The van der Waals surface area contributed by atoms with Gasteiger partial charge in [0.15, 0.2) is 11.6 Å². The van der Waals surface area contributed by atoms with E-state index in [1.54, 1.807) is 6.92 Å². The van der Waals surface area contributed by atoms with Gasteiger partial charge in [0.05, 0.1) is 17.0 Å². The first-order valence-corrected chi connectivity index (χ1v) is 8.86. The minimum absolute atomic E-state index is 0.0943. The van der Waals surface area contributed by atoms with Gasteiger partial charge in [-0.1, -0.05) is 25.5 Å². The van der Waals surface area contributed by atoms with Crippen LogP contribution in [0.5, 0.6) is 11.5 Å². The highest BCUT2D eigenvalue weighted by atomic mass is 16.5. The first-order valence-electron chi connectivity index (χ1n) is 8.86. The van der Waals surface area contributed by atoms with Crippen molar-refractivity contribution in [1.82, 2.24) is 0 Å². The molecule has 2 N–H and O–H groups in total. The Kier molecular flexibility index (Phi) is 6.20. The van der Waals surface area contributed by atoms with E-state index in [0.717, 1.165) is 17.7 Å². The lowest BCUT2D eigenvalue weighted by Gasteiger charge is -2.23. The molecule has 6 nitrogen and oxygen atoms in total. The maximum atomic E-state index is 12.3. The van der Waals surface area contributed by atoms with Crippen LogP contribution in [0.3, 0.4) is 0 Å². The Labute approximate surface area is 158 Å². The molecule has 0 aliphatic heterocycles. The van der Waals surface area contributed by atoms with Crippen molar-refractivity contribution in [3.63, 3.8) is 0 Å². The Hall–Kier alpha value is -2.89. The van der Waals surface area contributed by atoms with Crippen molar-refractivity contribution in [1.29, 1.82) is 0 Å². The number of aromatic hydroxyl groups is 2. The summed E-state index contributed by atoms with van der Waals surface area (Å²) in [6, 6.07) is 1.19. The van der Waals surface area contributed by atoms with Crippen molar-refractivity contribution in [2.24, 2.45) is 5.92 Å². The minimum Gasteiger partial charge on any atom is -0.507 e. The molecule has 0 spiro atoms. The van der Waals surface area contributed by atoms with Crippen LogP contribution in [0.1, 0.15) is 72.9 Å². The Morgan fingerprint density at radius 1 is 1.15 bits per heavy atom. The SMILES string of the molecule is CCC(C)C(=O)O[C@H](CC=C(C)C)c1cc(O)c2c(c1O)C(=O)C=CC2=O. The smallest absolute Gasteiger partial charge is 0.309 e. The predicted molar refractivity (Wildman–Crippen MR) is 99.9 cm³/mol. The van der Waals surface area contributed by atoms with Crippen LogP contribution in [0, 0.1) is 5.92 Å². The number of esters is 1. The zero-order valence-corrected chi connectivity index (χ0v) is 15.9. The quantitative estimate of drug-likeness (QED) is 0.444. The third-order valence-electron chi connectivity index (χ3n) is 4.55. The molecule has 0 aromatic heterocycles. The van der Waals surface area contributed by atoms with Crippen molar-refractivity contribution < 1.29 is 29.3 Å². The van der Waals surface area contributed by atoms with Crippen molar-refractivity contribution >= 4 is 17.5 Å². The fourth-order valence-corrected chi connectivity index (χ4v) is 2.74. The van der Waals surface area contributed by atoms with Gasteiger partial charge in [-0.05, 0) is 38.5 Å². The molecule has 144 valence electrons. The number of fused-ring (bicyclic) bond motifs is 1. The number of carbonyl (C=O) groups is 3. The van der Waals surface area contributed by atoms with E-state index in [4.69, 9.17) is 4.74 Å². The first kappa shape index (κ1) is 20.4. The van der Waals surface area contributed by atoms with Gasteiger partial charge < -0.3 is 14.9 Å². The summed E-state index contributed by atoms with van der Waals surface area (Å²) in [5, 5.41) is 21.0. The Morgan fingerprint density at radius 3 is 2.30 bits per heavy atom. The molecule has 1 aromatic rings. The minimum atomic E-state index is -0.897. The van der Waals surface area contributed by atoms with Crippen LogP contribution in [0.4, 0.5) is 0 Å². The van der Waals surface area contributed by atoms with Gasteiger partial charge in [0, 0.05) is 12.0 Å². The van der Waals surface area contributed by atoms with Gasteiger partial charge in [0.25, 0.3) is 0 Å². The second-order valence-corrected chi connectivity index (χ2v) is 6.90. The molecule has 0 amide bonds. The third kappa shape index (κ3) is 4.27. The molecule has 0 radical (unpaired) electrons. The second-order valence-electron chi connectivity index (χ2n) is 6.90. The number of allylic oxidation sites excluding steroid dienone is 3. The van der Waals surface area contributed by atoms with E-state index in [2.05, 4.69) is 0 Å². The molecule has 1 aliphatic carbocycles. The average molecular weight is 372 g/mol. The number of hydrogen-bond donors (Lipinski definition) is 2. The Morgan fingerprint density at radius 2 is 1.74 bits per heavy atom. The zero-order valence-electron chi connectivity index (χ0n) is 15.9. The highest BCUT2D eigenvalue weighted by Gasteiger charge is 2.32. The van der Waals surface area contributed by atoms with E-state index in [1.807, 2.05) is 26.8 Å². The lowest BCUT2D eigenvalue weighted by Crippen LogP contribution is -2.19. The Bertz CT molecular complexity index is 843. The summed E-state index contributed by atoms with van der Waals surface area (Å²) in [5.74, 6) is -2.81. The molecular weight excluding hydrogens is 348 g/mol. The maximum absolute atomic E-state index is 12.3. The molecule has 0 heterocycles. The number of ether oxygens (including phenoxy) is 1. The van der Waals surface area contributed by atoms with Crippen molar-refractivity contribution in [3.8, 4) is 11.5 Å². The van der Waals surface area contributed by atoms with Crippen LogP contribution in [0.25, 0.3) is 0 Å². The summed E-state index contributed by atoms with van der Waals surface area (Å²) >= 11 is 0. The molecule has 2 rings (SSSR count). The lowest BCUT2D eigenvalue weighted by molar-refractivity contribution is -0.153. The third-order valence-corrected chi connectivity index (χ3v) is 4.55. The monoisotopic (exact) mass is 372 g/mol. The van der Waals surface area contributed by atoms with Crippen LogP contribution >= 0.6 is 0 Å². The fraction of sp³-hybridized carbons (Fsp3) is 0.381. The Balaban J connectivity index is 2.56. The molecule has 1 unspecified atom stereocenters. The normalized spacial score (nSPS) is 15.1. The van der Waals surface area contributed by atoms with Gasteiger partial charge in [-0.25, -0.2) is 0 Å². The summed E-state index contributed by atoms with van der Waals surface area (Å²) in [7, 11) is 0. The molecule has 0 saturated heterocycles. The van der Waals surface area contributed by atoms with Crippen LogP contribution in [-0.4, -0.2) is 27.7 Å². The molecule has 0 fully saturated rings. The number of hydrogen-bond acceptors (Lipinski definition) is 6. The lowest BCUT2D eigenvalue weighted by atomic mass is 9.89. The molecular formula is C21H24O6. The number of phenolic OH excluding ortho intramolecular Hbond substituents is 2. The van der Waals surface area contributed by atoms with Gasteiger partial charge in [0.1, 0.15) is 17.6 Å². The summed E-state index contributed by atoms with van der Waals surface area (Å²) in [4.78, 5) is 36.5. The van der Waals surface area contributed by atoms with Gasteiger partial charge in [-0.3, -0.25) is 14.4 Å². The van der Waals surface area contributed by atoms with E-state index >= 15 is 0 Å². The van der Waals surface area contributed by atoms with E-state index in [1.165, 1.54) is 6.07 Å². The molecule has 0 bridgehead atoms. The zero-order chi connectivity index (χ0) is 20.3. The largest absolute Gasteiger partial charge is 0.507 e. The molecule has 1 aromatic carbocycles. The van der Waals surface area contributed by atoms with Crippen LogP contribution in [0.15, 0.2) is 29.9 Å². The standard InChI is InChI=1S/C21H24O6/c1-5-12(4)21(26)27-17(9-6-11(2)3)13-10-16(24)18-14(22)7-8-15(23)19(18)20(13)25/h6-8,10,12,17,24-25H,5,9H2,1-4H3/t12?,17-/m1/s1. The number of rotatable bonds is 6. The van der Waals surface area contributed by atoms with Gasteiger partial charge in [-0.2, -0.15) is 0 Å². The number of benzene rings is 1. The number of phenols is 2. The maximum Gasteiger partial charge on any atom is 0.309 e. The highest BCUT2D eigenvalue weighted by molar-refractivity contribution is 6.24. The van der Waals surface area contributed by atoms with E-state index in [-0.39, 0.29) is 29.0 Å². The van der Waals surface area contributed by atoms with Gasteiger partial charge in [0.2, 0.25) is 0 Å². The van der Waals surface area contributed by atoms with E-state index in [9.17, 15) is 24.6 Å². The average Bonchev–Trinajstić information content (AvgIpc) is 2.62. The summed E-state index contributed by atoms with van der Waals surface area (Å²) < 4.78 is 5.56. The summed E-state index contributed by atoms with van der Waals surface area (Å²) in [5.41, 5.74) is 0.574. The molecule has 0 saturated carbocycles. The van der Waals surface area contributed by atoms with Crippen molar-refractivity contribution in [2.45, 2.75) is 46.6 Å². The molecule has 1 aliphatic rings. The number of carbonyl (C=O) groups excluding carboxylic acids is 3. The van der Waals surface area contributed by atoms with Crippen LogP contribution in [-0.2, 0) is 9.53 Å². The van der Waals surface area contributed by atoms with Crippen molar-refractivity contribution in [2.75, 3.05) is 0 Å². The van der Waals surface area contributed by atoms with Crippen LogP contribution in [0.2, 0.25) is 0 Å². The summed E-state index contributed by atoms with van der Waals surface area (Å²) in [6.07, 6.45) is 3.88. The van der Waals surface area contributed by atoms with E-state index < -0.39 is 35.1 Å². The van der Waals surface area contributed by atoms with E-state index in [0.29, 0.717) is 6.42 Å². The predicted octanol–water partition coefficient (Wildman–Crippen LogP) is 4.02. The van der Waals surface area contributed by atoms with Gasteiger partial charge >= 0.3 is 5.97 Å². The fourth-order valence-electron chi connectivity index (χ4n) is 2.74. The molecule has 27 heavy (non-hydrogen) atoms. The first-order chi connectivity index (χ1) is 12.7. The van der Waals surface area contributed by atoms with Crippen molar-refractivity contribution in [3.05, 3.63) is 46.6 Å². The topological polar surface area (TPSA) is 101 Å². The highest BCUT2D eigenvalue weighted by Crippen LogP contribution is 2.41. The molecule has 6 heteroatoms.